The molecule has 294 valence electrons. The SMILES string of the molecule is COc1ccc(CN(c2nn(C)c3c(-n4c([C@H](Cc5cc(F)cc(F)c5)NC(=O)OC(C)(C)C)nc5c(F)ccc(F)c5c4=O)ccc(Cl)c23)S(C)(=O)=O)cc1. The van der Waals surface area contributed by atoms with Crippen LogP contribution in [0.15, 0.2) is 71.5 Å². The van der Waals surface area contributed by atoms with Crippen LogP contribution < -0.4 is 19.9 Å². The number of aryl methyl sites for hydroxylation is 1. The van der Waals surface area contributed by atoms with Gasteiger partial charge in [0.1, 0.15) is 51.3 Å². The smallest absolute Gasteiger partial charge is 0.408 e. The van der Waals surface area contributed by atoms with Crippen LogP contribution in [0, 0.1) is 23.3 Å². The number of sulfonamides is 1. The van der Waals surface area contributed by atoms with E-state index in [0.717, 1.165) is 39.4 Å². The minimum absolute atomic E-state index is 0.00410. The monoisotopic (exact) mass is 814 g/mol. The summed E-state index contributed by atoms with van der Waals surface area (Å²) in [5, 5.41) is 6.39. The van der Waals surface area contributed by atoms with Crippen molar-refractivity contribution in [1.82, 2.24) is 24.6 Å². The molecule has 0 radical (unpaired) electrons. The molecule has 1 amide bonds. The van der Waals surface area contributed by atoms with Crippen LogP contribution in [0.3, 0.4) is 0 Å². The van der Waals surface area contributed by atoms with Gasteiger partial charge in [0.25, 0.3) is 5.56 Å². The van der Waals surface area contributed by atoms with E-state index in [1.54, 1.807) is 45.0 Å². The van der Waals surface area contributed by atoms with Gasteiger partial charge in [-0.25, -0.2) is 40.1 Å². The highest BCUT2D eigenvalue weighted by atomic mass is 35.5. The van der Waals surface area contributed by atoms with E-state index >= 15 is 8.78 Å². The maximum absolute atomic E-state index is 15.5. The summed E-state index contributed by atoms with van der Waals surface area (Å²) in [5.41, 5.74) is -2.37. The summed E-state index contributed by atoms with van der Waals surface area (Å²) in [6.07, 6.45) is -0.490. The molecule has 0 saturated carbocycles. The van der Waals surface area contributed by atoms with E-state index in [-0.39, 0.29) is 39.5 Å². The lowest BCUT2D eigenvalue weighted by Gasteiger charge is -2.26. The maximum Gasteiger partial charge on any atom is 0.408 e. The molecule has 4 aromatic carbocycles. The normalized spacial score (nSPS) is 12.6. The second-order valence-electron chi connectivity index (χ2n) is 13.9. The number of hydrogen-bond acceptors (Lipinski definition) is 8. The predicted octanol–water partition coefficient (Wildman–Crippen LogP) is 7.27. The maximum atomic E-state index is 15.5. The number of ether oxygens (including phenoxy) is 2. The summed E-state index contributed by atoms with van der Waals surface area (Å²) in [6.45, 7) is 4.56. The summed E-state index contributed by atoms with van der Waals surface area (Å²) < 4.78 is 100. The van der Waals surface area contributed by atoms with Gasteiger partial charge in [0.15, 0.2) is 5.82 Å². The quantitative estimate of drug-likeness (QED) is 0.143. The Bertz CT molecular complexity index is 2660. The number of fused-ring (bicyclic) bond motifs is 2. The summed E-state index contributed by atoms with van der Waals surface area (Å²) in [4.78, 5) is 32.3. The Kier molecular flexibility index (Phi) is 10.8. The lowest BCUT2D eigenvalue weighted by Crippen LogP contribution is -2.39. The molecule has 12 nitrogen and oxygen atoms in total. The summed E-state index contributed by atoms with van der Waals surface area (Å²) in [5.74, 6) is -4.09. The summed E-state index contributed by atoms with van der Waals surface area (Å²) in [6, 6.07) is 12.0. The molecule has 0 aliphatic carbocycles. The molecule has 6 aromatic rings. The Labute approximate surface area is 323 Å². The average molecular weight is 815 g/mol. The number of nitrogens with one attached hydrogen (secondary N) is 1. The van der Waals surface area contributed by atoms with Gasteiger partial charge in [0.2, 0.25) is 10.0 Å². The molecule has 0 fully saturated rings. The Hall–Kier alpha value is -5.68. The zero-order valence-corrected chi connectivity index (χ0v) is 32.4. The fourth-order valence-electron chi connectivity index (χ4n) is 6.26. The molecule has 1 atom stereocenters. The van der Waals surface area contributed by atoms with E-state index in [2.05, 4.69) is 15.4 Å². The molecule has 2 heterocycles. The van der Waals surface area contributed by atoms with E-state index in [0.29, 0.717) is 17.4 Å². The number of nitrogens with zero attached hydrogens (tertiary/aromatic N) is 5. The van der Waals surface area contributed by atoms with Gasteiger partial charge < -0.3 is 14.8 Å². The molecule has 0 spiro atoms. The minimum Gasteiger partial charge on any atom is -0.497 e. The first-order valence-electron chi connectivity index (χ1n) is 16.9. The van der Waals surface area contributed by atoms with Crippen LogP contribution in [-0.2, 0) is 34.8 Å². The van der Waals surface area contributed by atoms with Crippen LogP contribution in [0.25, 0.3) is 27.5 Å². The molecule has 0 aliphatic rings. The molecule has 1 N–H and O–H groups in total. The molecular weight excluding hydrogens is 780 g/mol. The van der Waals surface area contributed by atoms with Crippen LogP contribution in [0.1, 0.15) is 43.8 Å². The number of methoxy groups -OCH3 is 1. The second-order valence-corrected chi connectivity index (χ2v) is 16.2. The van der Waals surface area contributed by atoms with Crippen molar-refractivity contribution in [3.63, 3.8) is 0 Å². The minimum atomic E-state index is -4.07. The number of hydrogen-bond donors (Lipinski definition) is 1. The van der Waals surface area contributed by atoms with Crippen LogP contribution in [0.5, 0.6) is 5.75 Å². The Morgan fingerprint density at radius 1 is 0.946 bits per heavy atom. The van der Waals surface area contributed by atoms with Gasteiger partial charge in [0, 0.05) is 19.5 Å². The van der Waals surface area contributed by atoms with Crippen molar-refractivity contribution < 1.29 is 40.2 Å². The Balaban J connectivity index is 1.66. The lowest BCUT2D eigenvalue weighted by atomic mass is 10.0. The predicted molar refractivity (Wildman–Crippen MR) is 203 cm³/mol. The molecule has 0 aliphatic heterocycles. The van der Waals surface area contributed by atoms with Crippen LogP contribution >= 0.6 is 11.6 Å². The van der Waals surface area contributed by atoms with E-state index < -0.39 is 79.7 Å². The highest BCUT2D eigenvalue weighted by molar-refractivity contribution is 7.92. The fraction of sp³-hybridized carbons (Fsp3) is 0.263. The molecule has 0 bridgehead atoms. The topological polar surface area (TPSA) is 138 Å². The van der Waals surface area contributed by atoms with Gasteiger partial charge >= 0.3 is 6.09 Å². The zero-order valence-electron chi connectivity index (χ0n) is 30.8. The number of rotatable bonds is 10. The number of amides is 1. The van der Waals surface area contributed by atoms with Gasteiger partial charge in [-0.2, -0.15) is 5.10 Å². The van der Waals surface area contributed by atoms with E-state index in [1.807, 2.05) is 0 Å². The van der Waals surface area contributed by atoms with Crippen LogP contribution in [0.4, 0.5) is 28.2 Å². The van der Waals surface area contributed by atoms with Crippen LogP contribution in [0.2, 0.25) is 5.02 Å². The van der Waals surface area contributed by atoms with Crippen molar-refractivity contribution >= 4 is 55.3 Å². The van der Waals surface area contributed by atoms with Gasteiger partial charge in [-0.05, 0) is 80.4 Å². The Morgan fingerprint density at radius 3 is 2.20 bits per heavy atom. The number of carbonyl (C=O) groups is 1. The Morgan fingerprint density at radius 2 is 1.59 bits per heavy atom. The van der Waals surface area contributed by atoms with Crippen molar-refractivity contribution in [1.29, 1.82) is 0 Å². The number of alkyl carbamates (subject to hydrolysis) is 1. The van der Waals surface area contributed by atoms with Gasteiger partial charge in [-0.15, -0.1) is 0 Å². The molecule has 6 rings (SSSR count). The molecule has 0 unspecified atom stereocenters. The van der Waals surface area contributed by atoms with Crippen molar-refractivity contribution in [3.05, 3.63) is 122 Å². The second kappa shape index (κ2) is 15.1. The summed E-state index contributed by atoms with van der Waals surface area (Å²) >= 11 is 6.77. The van der Waals surface area contributed by atoms with E-state index in [4.69, 9.17) is 21.1 Å². The third-order valence-corrected chi connectivity index (χ3v) is 9.99. The molecular formula is C38H35ClF4N6O6S. The number of carbonyl (C=O) groups excluding carboxylic acids is 1. The first-order chi connectivity index (χ1) is 26.2. The molecule has 2 aromatic heterocycles. The third-order valence-electron chi connectivity index (χ3n) is 8.58. The lowest BCUT2D eigenvalue weighted by molar-refractivity contribution is 0.0500. The van der Waals surface area contributed by atoms with Gasteiger partial charge in [0.05, 0.1) is 47.6 Å². The third kappa shape index (κ3) is 8.14. The highest BCUT2D eigenvalue weighted by Gasteiger charge is 2.32. The highest BCUT2D eigenvalue weighted by Crippen LogP contribution is 2.38. The zero-order chi connectivity index (χ0) is 40.9. The number of aromatic nitrogens is 4. The van der Waals surface area contributed by atoms with Crippen molar-refractivity contribution in [2.45, 2.75) is 45.4 Å². The van der Waals surface area contributed by atoms with E-state index in [9.17, 15) is 26.8 Å². The van der Waals surface area contributed by atoms with E-state index in [1.165, 1.54) is 31.0 Å². The number of benzene rings is 4. The van der Waals surface area contributed by atoms with Crippen LogP contribution in [-0.4, -0.2) is 52.8 Å². The van der Waals surface area contributed by atoms with Crippen molar-refractivity contribution in [2.75, 3.05) is 17.7 Å². The van der Waals surface area contributed by atoms with Gasteiger partial charge in [-0.3, -0.25) is 14.0 Å². The average Bonchev–Trinajstić information content (AvgIpc) is 3.44. The van der Waals surface area contributed by atoms with Crippen molar-refractivity contribution in [3.8, 4) is 11.4 Å². The summed E-state index contributed by atoms with van der Waals surface area (Å²) in [7, 11) is -1.13. The molecule has 0 saturated heterocycles. The first-order valence-corrected chi connectivity index (χ1v) is 19.1. The number of halogens is 5. The fourth-order valence-corrected chi connectivity index (χ4v) is 7.32. The molecule has 56 heavy (non-hydrogen) atoms. The van der Waals surface area contributed by atoms with Gasteiger partial charge in [-0.1, -0.05) is 23.7 Å². The largest absolute Gasteiger partial charge is 0.497 e. The standard InChI is InChI=1S/C38H35ClF4N6O6S/c1-38(2,3)55-37(51)44-28(17-21-15-22(40)18-23(41)16-21)34-45-32-27(43)13-12-26(42)31(32)36(50)49(34)29-14-11-25(39)30-33(29)47(4)46-35(30)48(56(6,52)53)19-20-7-9-24(54-5)10-8-20/h7-16,18,28H,17,19H2,1-6H3,(H,44,51)/t28-/m0/s1. The molecule has 18 heteroatoms. The number of anilines is 1. The van der Waals surface area contributed by atoms with Crippen molar-refractivity contribution in [2.24, 2.45) is 7.05 Å². The first kappa shape index (κ1) is 40.0.